The van der Waals surface area contributed by atoms with Crippen LogP contribution in [0, 0.1) is 11.3 Å². The molecule has 0 aliphatic rings. The van der Waals surface area contributed by atoms with E-state index in [-0.39, 0.29) is 35.9 Å². The lowest BCUT2D eigenvalue weighted by atomic mass is 9.78. The van der Waals surface area contributed by atoms with E-state index < -0.39 is 5.92 Å². The fraction of sp³-hybridized carbons (Fsp3) is 0.579. The summed E-state index contributed by atoms with van der Waals surface area (Å²) in [4.78, 5) is 24.6. The van der Waals surface area contributed by atoms with Crippen molar-refractivity contribution in [1.29, 1.82) is 0 Å². The molecule has 4 heteroatoms. The van der Waals surface area contributed by atoms with E-state index in [1.807, 2.05) is 71.9 Å². The third kappa shape index (κ3) is 7.31. The Labute approximate surface area is 139 Å². The fourth-order valence-corrected chi connectivity index (χ4v) is 2.21. The summed E-state index contributed by atoms with van der Waals surface area (Å²) in [5, 5.41) is 2.96. The van der Waals surface area contributed by atoms with Crippen LogP contribution in [-0.4, -0.2) is 17.4 Å². The Kier molecular flexibility index (Phi) is 6.37. The number of hydrogen-bond acceptors (Lipinski definition) is 3. The van der Waals surface area contributed by atoms with Crippen molar-refractivity contribution in [3.05, 3.63) is 35.9 Å². The second-order valence-electron chi connectivity index (χ2n) is 8.01. The first-order chi connectivity index (χ1) is 10.5. The molecule has 0 bridgehead atoms. The highest BCUT2D eigenvalue weighted by Crippen LogP contribution is 2.30. The van der Waals surface area contributed by atoms with Gasteiger partial charge < -0.3 is 10.1 Å². The number of rotatable bonds is 5. The summed E-state index contributed by atoms with van der Waals surface area (Å²) in [7, 11) is 0. The van der Waals surface area contributed by atoms with Crippen LogP contribution < -0.4 is 5.32 Å². The number of esters is 1. The topological polar surface area (TPSA) is 55.4 Å². The first-order valence-corrected chi connectivity index (χ1v) is 8.00. The Hall–Kier alpha value is -1.84. The van der Waals surface area contributed by atoms with Crippen LogP contribution in [0.15, 0.2) is 30.3 Å². The normalized spacial score (nSPS) is 13.3. The molecule has 0 aromatic heterocycles. The Morgan fingerprint density at radius 1 is 1.04 bits per heavy atom. The van der Waals surface area contributed by atoms with Gasteiger partial charge in [0.1, 0.15) is 6.61 Å². The summed E-state index contributed by atoms with van der Waals surface area (Å²) in [5.41, 5.74) is 0.294. The zero-order valence-electron chi connectivity index (χ0n) is 15.1. The third-order valence-electron chi connectivity index (χ3n) is 3.47. The second kappa shape index (κ2) is 7.62. The summed E-state index contributed by atoms with van der Waals surface area (Å²) in [5.74, 6) is -0.885. The van der Waals surface area contributed by atoms with Gasteiger partial charge in [0.05, 0.1) is 12.3 Å². The number of carbonyl (C=O) groups excluding carboxylic acids is 2. The molecule has 128 valence electrons. The number of hydrogen-bond donors (Lipinski definition) is 1. The monoisotopic (exact) mass is 319 g/mol. The highest BCUT2D eigenvalue weighted by Gasteiger charge is 2.35. The van der Waals surface area contributed by atoms with Gasteiger partial charge >= 0.3 is 5.97 Å². The van der Waals surface area contributed by atoms with E-state index in [1.54, 1.807) is 0 Å². The quantitative estimate of drug-likeness (QED) is 0.842. The first kappa shape index (κ1) is 19.2. The molecule has 23 heavy (non-hydrogen) atoms. The predicted octanol–water partition coefficient (Wildman–Crippen LogP) is 3.70. The van der Waals surface area contributed by atoms with Crippen molar-refractivity contribution >= 4 is 11.9 Å². The molecule has 1 N–H and O–H groups in total. The van der Waals surface area contributed by atoms with Gasteiger partial charge in [-0.1, -0.05) is 51.1 Å². The fourth-order valence-electron chi connectivity index (χ4n) is 2.21. The molecule has 0 saturated carbocycles. The van der Waals surface area contributed by atoms with Crippen LogP contribution in [0.2, 0.25) is 0 Å². The van der Waals surface area contributed by atoms with Crippen LogP contribution in [0.3, 0.4) is 0 Å². The molecule has 1 atom stereocenters. The van der Waals surface area contributed by atoms with Gasteiger partial charge in [0.15, 0.2) is 0 Å². The van der Waals surface area contributed by atoms with Crippen LogP contribution in [0.25, 0.3) is 0 Å². The Bertz CT molecular complexity index is 524. The Morgan fingerprint density at radius 3 is 2.09 bits per heavy atom. The molecule has 0 radical (unpaired) electrons. The van der Waals surface area contributed by atoms with E-state index in [4.69, 9.17) is 4.74 Å². The third-order valence-corrected chi connectivity index (χ3v) is 3.47. The zero-order valence-corrected chi connectivity index (χ0v) is 15.1. The zero-order chi connectivity index (χ0) is 17.7. The van der Waals surface area contributed by atoms with E-state index in [1.165, 1.54) is 0 Å². The molecular weight excluding hydrogens is 290 g/mol. The van der Waals surface area contributed by atoms with Gasteiger partial charge in [-0.15, -0.1) is 0 Å². The van der Waals surface area contributed by atoms with E-state index in [9.17, 15) is 9.59 Å². The van der Waals surface area contributed by atoms with Crippen molar-refractivity contribution in [1.82, 2.24) is 5.32 Å². The standard InChI is InChI=1S/C19H29NO3/c1-18(2,3)15(17(22)20-19(4,5)6)12-16(21)23-13-14-10-8-7-9-11-14/h7-11,15H,12-13H2,1-6H3,(H,20,22)/t15-/m1/s1. The minimum atomic E-state index is -0.426. The number of nitrogens with one attached hydrogen (secondary N) is 1. The molecule has 0 unspecified atom stereocenters. The maximum Gasteiger partial charge on any atom is 0.306 e. The molecule has 1 aromatic carbocycles. The van der Waals surface area contributed by atoms with Gasteiger partial charge in [-0.2, -0.15) is 0 Å². The van der Waals surface area contributed by atoms with E-state index in [0.29, 0.717) is 0 Å². The molecule has 0 aliphatic carbocycles. The summed E-state index contributed by atoms with van der Waals surface area (Å²) in [6.07, 6.45) is 0.0816. The molecule has 0 aliphatic heterocycles. The minimum absolute atomic E-state index is 0.0816. The van der Waals surface area contributed by atoms with Crippen LogP contribution >= 0.6 is 0 Å². The molecule has 4 nitrogen and oxygen atoms in total. The summed E-state index contributed by atoms with van der Waals surface area (Å²) < 4.78 is 5.32. The minimum Gasteiger partial charge on any atom is -0.461 e. The van der Waals surface area contributed by atoms with Gasteiger partial charge in [0.25, 0.3) is 0 Å². The van der Waals surface area contributed by atoms with Gasteiger partial charge in [0.2, 0.25) is 5.91 Å². The summed E-state index contributed by atoms with van der Waals surface area (Å²) in [6, 6.07) is 9.52. The van der Waals surface area contributed by atoms with E-state index in [0.717, 1.165) is 5.56 Å². The highest BCUT2D eigenvalue weighted by atomic mass is 16.5. The van der Waals surface area contributed by atoms with E-state index >= 15 is 0 Å². The maximum absolute atomic E-state index is 12.5. The van der Waals surface area contributed by atoms with Crippen molar-refractivity contribution in [2.45, 2.75) is 60.1 Å². The van der Waals surface area contributed by atoms with Crippen LogP contribution in [0.4, 0.5) is 0 Å². The average molecular weight is 319 g/mol. The molecule has 0 spiro atoms. The highest BCUT2D eigenvalue weighted by molar-refractivity contribution is 5.84. The Morgan fingerprint density at radius 2 is 1.61 bits per heavy atom. The van der Waals surface area contributed by atoms with Crippen LogP contribution in [0.5, 0.6) is 0 Å². The van der Waals surface area contributed by atoms with Gasteiger partial charge in [-0.25, -0.2) is 0 Å². The second-order valence-corrected chi connectivity index (χ2v) is 8.01. The van der Waals surface area contributed by atoms with Crippen LogP contribution in [-0.2, 0) is 20.9 Å². The largest absolute Gasteiger partial charge is 0.461 e. The van der Waals surface area contributed by atoms with Crippen molar-refractivity contribution in [2.24, 2.45) is 11.3 Å². The molecule has 0 saturated heterocycles. The van der Waals surface area contributed by atoms with Crippen molar-refractivity contribution in [3.8, 4) is 0 Å². The lowest BCUT2D eigenvalue weighted by Gasteiger charge is -2.32. The Balaban J connectivity index is 2.66. The predicted molar refractivity (Wildman–Crippen MR) is 91.7 cm³/mol. The van der Waals surface area contributed by atoms with Crippen molar-refractivity contribution in [3.63, 3.8) is 0 Å². The van der Waals surface area contributed by atoms with Crippen LogP contribution in [0.1, 0.15) is 53.5 Å². The van der Waals surface area contributed by atoms with Crippen molar-refractivity contribution < 1.29 is 14.3 Å². The molecule has 1 amide bonds. The smallest absolute Gasteiger partial charge is 0.306 e. The van der Waals surface area contributed by atoms with Gasteiger partial charge in [0, 0.05) is 5.54 Å². The summed E-state index contributed by atoms with van der Waals surface area (Å²) in [6.45, 7) is 11.9. The molecule has 0 fully saturated rings. The van der Waals surface area contributed by atoms with E-state index in [2.05, 4.69) is 5.32 Å². The SMILES string of the molecule is CC(C)(C)NC(=O)[C@@H](CC(=O)OCc1ccccc1)C(C)(C)C. The number of ether oxygens (including phenoxy) is 1. The number of benzene rings is 1. The van der Waals surface area contributed by atoms with Gasteiger partial charge in [-0.05, 0) is 31.7 Å². The lowest BCUT2D eigenvalue weighted by Crippen LogP contribution is -2.47. The molecular formula is C19H29NO3. The maximum atomic E-state index is 12.5. The lowest BCUT2D eigenvalue weighted by molar-refractivity contribution is -0.150. The molecule has 0 heterocycles. The van der Waals surface area contributed by atoms with Gasteiger partial charge in [-0.3, -0.25) is 9.59 Å². The average Bonchev–Trinajstić information content (AvgIpc) is 2.40. The first-order valence-electron chi connectivity index (χ1n) is 8.00. The number of amides is 1. The molecule has 1 aromatic rings. The number of carbonyl (C=O) groups is 2. The van der Waals surface area contributed by atoms with Crippen molar-refractivity contribution in [2.75, 3.05) is 0 Å². The summed E-state index contributed by atoms with van der Waals surface area (Å²) >= 11 is 0. The molecule has 1 rings (SSSR count).